The molecule has 0 spiro atoms. The largest absolute Gasteiger partial charge is 0.357 e. The quantitative estimate of drug-likeness (QED) is 0.276. The summed E-state index contributed by atoms with van der Waals surface area (Å²) in [6.07, 6.45) is 4.28. The third kappa shape index (κ3) is 8.55. The Morgan fingerprint density at radius 2 is 2.00 bits per heavy atom. The Morgan fingerprint density at radius 1 is 1.23 bits per heavy atom. The first kappa shape index (κ1) is 21.1. The molecule has 7 heteroatoms. The number of aliphatic imine (C=N–C) groups is 1. The lowest BCUT2D eigenvalue weighted by Crippen LogP contribution is -2.38. The number of halogens is 1. The summed E-state index contributed by atoms with van der Waals surface area (Å²) in [4.78, 5) is 8.90. The summed E-state index contributed by atoms with van der Waals surface area (Å²) in [5, 5.41) is 10.5. The van der Waals surface area contributed by atoms with Gasteiger partial charge in [0, 0.05) is 32.0 Å². The van der Waals surface area contributed by atoms with Gasteiger partial charge in [-0.05, 0) is 13.3 Å². The van der Waals surface area contributed by atoms with E-state index in [0.717, 1.165) is 37.8 Å². The summed E-state index contributed by atoms with van der Waals surface area (Å²) < 4.78 is 5.22. The summed E-state index contributed by atoms with van der Waals surface area (Å²) in [5.74, 6) is 2.60. The van der Waals surface area contributed by atoms with Crippen LogP contribution < -0.4 is 10.6 Å². The molecule has 22 heavy (non-hydrogen) atoms. The third-order valence-electron chi connectivity index (χ3n) is 3.01. The Bertz CT molecular complexity index is 420. The number of unbranched alkanes of at least 4 members (excludes halogenated alkanes) is 2. The summed E-state index contributed by atoms with van der Waals surface area (Å²) in [5.41, 5.74) is 0. The van der Waals surface area contributed by atoms with Crippen LogP contribution in [0.4, 0.5) is 0 Å². The van der Waals surface area contributed by atoms with E-state index in [2.05, 4.69) is 53.5 Å². The average molecular weight is 423 g/mol. The van der Waals surface area contributed by atoms with Crippen LogP contribution in [-0.4, -0.2) is 35.7 Å². The predicted octanol–water partition coefficient (Wildman–Crippen LogP) is 3.10. The van der Waals surface area contributed by atoms with Crippen molar-refractivity contribution in [2.45, 2.75) is 59.3 Å². The fourth-order valence-corrected chi connectivity index (χ4v) is 1.79. The van der Waals surface area contributed by atoms with Crippen LogP contribution >= 0.6 is 24.0 Å². The van der Waals surface area contributed by atoms with Gasteiger partial charge >= 0.3 is 0 Å². The molecule has 1 rings (SSSR count). The highest BCUT2D eigenvalue weighted by atomic mass is 127. The number of rotatable bonds is 9. The van der Waals surface area contributed by atoms with Crippen molar-refractivity contribution in [2.24, 2.45) is 4.99 Å². The van der Waals surface area contributed by atoms with Gasteiger partial charge < -0.3 is 15.2 Å². The van der Waals surface area contributed by atoms with Gasteiger partial charge in [-0.2, -0.15) is 4.98 Å². The van der Waals surface area contributed by atoms with Crippen molar-refractivity contribution in [1.82, 2.24) is 20.8 Å². The maximum Gasteiger partial charge on any atom is 0.228 e. The highest BCUT2D eigenvalue weighted by Crippen LogP contribution is 2.09. The second kappa shape index (κ2) is 12.7. The van der Waals surface area contributed by atoms with Crippen molar-refractivity contribution in [2.75, 3.05) is 19.6 Å². The molecule has 0 aliphatic heterocycles. The predicted molar refractivity (Wildman–Crippen MR) is 101 cm³/mol. The molecule has 0 bridgehead atoms. The van der Waals surface area contributed by atoms with E-state index in [1.807, 2.05) is 0 Å². The minimum Gasteiger partial charge on any atom is -0.357 e. The van der Waals surface area contributed by atoms with Gasteiger partial charge in [-0.15, -0.1) is 24.0 Å². The topological polar surface area (TPSA) is 75.3 Å². The molecular weight excluding hydrogens is 393 g/mol. The Balaban J connectivity index is 0.00000441. The molecule has 0 saturated heterocycles. The van der Waals surface area contributed by atoms with Crippen molar-refractivity contribution in [3.63, 3.8) is 0 Å². The second-order valence-electron chi connectivity index (χ2n) is 5.35. The molecule has 1 aromatic heterocycles. The molecule has 6 nitrogen and oxygen atoms in total. The van der Waals surface area contributed by atoms with Crippen LogP contribution in [0.1, 0.15) is 64.6 Å². The van der Waals surface area contributed by atoms with Gasteiger partial charge in [0.05, 0.1) is 0 Å². The zero-order valence-electron chi connectivity index (χ0n) is 14.2. The molecule has 128 valence electrons. The van der Waals surface area contributed by atoms with E-state index in [9.17, 15) is 0 Å². The Labute approximate surface area is 150 Å². The second-order valence-corrected chi connectivity index (χ2v) is 5.35. The van der Waals surface area contributed by atoms with Crippen molar-refractivity contribution < 1.29 is 4.52 Å². The molecule has 0 amide bonds. The van der Waals surface area contributed by atoms with Gasteiger partial charge in [-0.1, -0.05) is 38.8 Å². The molecule has 0 aliphatic carbocycles. The SMILES string of the molecule is CCCCCN=C(NCC)NCCc1nc(C(C)C)no1.I. The van der Waals surface area contributed by atoms with E-state index in [1.165, 1.54) is 12.8 Å². The van der Waals surface area contributed by atoms with E-state index < -0.39 is 0 Å². The van der Waals surface area contributed by atoms with Crippen LogP contribution in [0.5, 0.6) is 0 Å². The molecule has 0 aromatic carbocycles. The normalized spacial score (nSPS) is 11.4. The molecule has 0 atom stereocenters. The maximum absolute atomic E-state index is 5.22. The van der Waals surface area contributed by atoms with Crippen LogP contribution in [0.2, 0.25) is 0 Å². The summed E-state index contributed by atoms with van der Waals surface area (Å²) in [6, 6.07) is 0. The number of hydrogen-bond donors (Lipinski definition) is 2. The molecule has 0 unspecified atom stereocenters. The van der Waals surface area contributed by atoms with Crippen LogP contribution in [0.15, 0.2) is 9.52 Å². The van der Waals surface area contributed by atoms with Gasteiger partial charge in [0.15, 0.2) is 11.8 Å². The van der Waals surface area contributed by atoms with Crippen LogP contribution in [0.3, 0.4) is 0 Å². The molecule has 0 aliphatic rings. The number of nitrogens with zero attached hydrogens (tertiary/aromatic N) is 3. The van der Waals surface area contributed by atoms with Crippen molar-refractivity contribution >= 4 is 29.9 Å². The number of guanidine groups is 1. The molecule has 2 N–H and O–H groups in total. The lowest BCUT2D eigenvalue weighted by Gasteiger charge is -2.10. The molecular formula is C15H30IN5O. The fraction of sp³-hybridized carbons (Fsp3) is 0.800. The van der Waals surface area contributed by atoms with E-state index >= 15 is 0 Å². The lowest BCUT2D eigenvalue weighted by molar-refractivity contribution is 0.371. The Hall–Kier alpha value is -0.860. The zero-order valence-corrected chi connectivity index (χ0v) is 16.5. The highest BCUT2D eigenvalue weighted by molar-refractivity contribution is 14.0. The van der Waals surface area contributed by atoms with Crippen LogP contribution in [0.25, 0.3) is 0 Å². The van der Waals surface area contributed by atoms with Crippen LogP contribution in [-0.2, 0) is 6.42 Å². The van der Waals surface area contributed by atoms with Gasteiger partial charge in [0.1, 0.15) is 0 Å². The van der Waals surface area contributed by atoms with Gasteiger partial charge in [0.2, 0.25) is 5.89 Å². The summed E-state index contributed by atoms with van der Waals surface area (Å²) in [6.45, 7) is 10.8. The van der Waals surface area contributed by atoms with Gasteiger partial charge in [-0.3, -0.25) is 4.99 Å². The minimum absolute atomic E-state index is 0. The smallest absolute Gasteiger partial charge is 0.228 e. The monoisotopic (exact) mass is 423 g/mol. The maximum atomic E-state index is 5.22. The van der Waals surface area contributed by atoms with E-state index in [-0.39, 0.29) is 24.0 Å². The number of hydrogen-bond acceptors (Lipinski definition) is 4. The minimum atomic E-state index is 0. The van der Waals surface area contributed by atoms with Gasteiger partial charge in [-0.25, -0.2) is 0 Å². The molecule has 1 aromatic rings. The van der Waals surface area contributed by atoms with Gasteiger partial charge in [0.25, 0.3) is 0 Å². The van der Waals surface area contributed by atoms with E-state index in [4.69, 9.17) is 4.52 Å². The molecule has 0 saturated carbocycles. The molecule has 1 heterocycles. The lowest BCUT2D eigenvalue weighted by atomic mass is 10.2. The summed E-state index contributed by atoms with van der Waals surface area (Å²) in [7, 11) is 0. The number of nitrogens with one attached hydrogen (secondary N) is 2. The van der Waals surface area contributed by atoms with Crippen molar-refractivity contribution in [1.29, 1.82) is 0 Å². The Morgan fingerprint density at radius 3 is 2.59 bits per heavy atom. The average Bonchev–Trinajstić information content (AvgIpc) is 2.92. The first-order valence-electron chi connectivity index (χ1n) is 8.02. The molecule has 0 fully saturated rings. The first-order chi connectivity index (χ1) is 10.2. The summed E-state index contributed by atoms with van der Waals surface area (Å²) >= 11 is 0. The zero-order chi connectivity index (χ0) is 15.5. The van der Waals surface area contributed by atoms with Crippen molar-refractivity contribution in [3.05, 3.63) is 11.7 Å². The van der Waals surface area contributed by atoms with E-state index in [1.54, 1.807) is 0 Å². The number of aromatic nitrogens is 2. The Kier molecular flexibility index (Phi) is 12.2. The third-order valence-corrected chi connectivity index (χ3v) is 3.01. The standard InChI is InChI=1S/C15H29N5O.HI/c1-5-7-8-10-17-15(16-6-2)18-11-9-13-19-14(12(3)4)20-21-13;/h12H,5-11H2,1-4H3,(H2,16,17,18);1H. The first-order valence-corrected chi connectivity index (χ1v) is 8.02. The van der Waals surface area contributed by atoms with Crippen LogP contribution in [0, 0.1) is 0 Å². The van der Waals surface area contributed by atoms with E-state index in [0.29, 0.717) is 18.2 Å². The highest BCUT2D eigenvalue weighted by Gasteiger charge is 2.09. The van der Waals surface area contributed by atoms with Crippen molar-refractivity contribution in [3.8, 4) is 0 Å². The fourth-order valence-electron chi connectivity index (χ4n) is 1.79. The molecule has 0 radical (unpaired) electrons.